The number of aromatic nitrogens is 2. The molecule has 0 spiro atoms. The van der Waals surface area contributed by atoms with Crippen molar-refractivity contribution in [3.05, 3.63) is 42.4 Å². The van der Waals surface area contributed by atoms with Crippen LogP contribution >= 0.6 is 0 Å². The zero-order chi connectivity index (χ0) is 23.5. The first-order valence-electron chi connectivity index (χ1n) is 11.6. The summed E-state index contributed by atoms with van der Waals surface area (Å²) in [6.45, 7) is 4.51. The fraction of sp³-hybridized carbons (Fsp3) is 0.520. The molecule has 2 amide bonds. The Morgan fingerprint density at radius 3 is 2.76 bits per heavy atom. The summed E-state index contributed by atoms with van der Waals surface area (Å²) in [6.07, 6.45) is 7.75. The van der Waals surface area contributed by atoms with Crippen molar-refractivity contribution < 1.29 is 19.4 Å². The molecular weight excluding hydrogens is 420 g/mol. The predicted molar refractivity (Wildman–Crippen MR) is 124 cm³/mol. The number of pyridine rings is 2. The SMILES string of the molecule is C[C@H](CO)N1C[C@H](C)[C@@H](CN(C)C(=O)C2CCC2)Oc2ncc(-c3cccnc3)cc2C1=O. The molecule has 1 N–H and O–H groups in total. The molecule has 0 bridgehead atoms. The molecule has 0 unspecified atom stereocenters. The largest absolute Gasteiger partial charge is 0.472 e. The average molecular weight is 453 g/mol. The molecule has 3 atom stereocenters. The Bertz CT molecular complexity index is 995. The Morgan fingerprint density at radius 2 is 2.12 bits per heavy atom. The van der Waals surface area contributed by atoms with Gasteiger partial charge in [0.05, 0.1) is 19.2 Å². The minimum Gasteiger partial charge on any atom is -0.472 e. The molecule has 176 valence electrons. The Hall–Kier alpha value is -3.00. The predicted octanol–water partition coefficient (Wildman–Crippen LogP) is 2.62. The number of aliphatic hydroxyl groups excluding tert-OH is 1. The van der Waals surface area contributed by atoms with Gasteiger partial charge in [-0.1, -0.05) is 19.4 Å². The zero-order valence-electron chi connectivity index (χ0n) is 19.5. The van der Waals surface area contributed by atoms with Crippen molar-refractivity contribution in [1.29, 1.82) is 0 Å². The maximum Gasteiger partial charge on any atom is 0.259 e. The molecule has 1 aliphatic heterocycles. The molecular formula is C25H32N4O4. The van der Waals surface area contributed by atoms with Gasteiger partial charge < -0.3 is 19.6 Å². The maximum absolute atomic E-state index is 13.5. The molecule has 0 radical (unpaired) electrons. The summed E-state index contributed by atoms with van der Waals surface area (Å²) < 4.78 is 6.29. The fourth-order valence-corrected chi connectivity index (χ4v) is 4.34. The minimum absolute atomic E-state index is 0.0625. The standard InChI is InChI=1S/C25H32N4O4/c1-16-13-29(17(2)15-30)25(32)21-10-20(19-8-5-9-26-11-19)12-27-23(21)33-22(16)14-28(3)24(31)18-6-4-7-18/h5,8-12,16-18,22,30H,4,6-7,13-15H2,1-3H3/t16-,17+,22+/m0/s1. The summed E-state index contributed by atoms with van der Waals surface area (Å²) in [7, 11) is 1.81. The molecule has 33 heavy (non-hydrogen) atoms. The van der Waals surface area contributed by atoms with Crippen LogP contribution in [-0.4, -0.2) is 75.6 Å². The number of fused-ring (bicyclic) bond motifs is 1. The van der Waals surface area contributed by atoms with Crippen molar-refractivity contribution in [3.8, 4) is 17.0 Å². The highest BCUT2D eigenvalue weighted by molar-refractivity contribution is 5.98. The number of hydrogen-bond donors (Lipinski definition) is 1. The molecule has 2 aromatic rings. The number of carbonyl (C=O) groups is 2. The summed E-state index contributed by atoms with van der Waals surface area (Å²) in [6, 6.07) is 5.15. The molecule has 4 rings (SSSR count). The van der Waals surface area contributed by atoms with E-state index >= 15 is 0 Å². The first-order valence-corrected chi connectivity index (χ1v) is 11.6. The van der Waals surface area contributed by atoms with E-state index in [0.29, 0.717) is 18.7 Å². The summed E-state index contributed by atoms with van der Waals surface area (Å²) in [5.74, 6) is 0.222. The molecule has 1 aliphatic carbocycles. The molecule has 1 saturated carbocycles. The number of hydrogen-bond acceptors (Lipinski definition) is 6. The molecule has 8 heteroatoms. The number of amides is 2. The van der Waals surface area contributed by atoms with E-state index in [4.69, 9.17) is 4.74 Å². The van der Waals surface area contributed by atoms with E-state index in [9.17, 15) is 14.7 Å². The third-order valence-electron chi connectivity index (χ3n) is 6.80. The molecule has 2 aromatic heterocycles. The van der Waals surface area contributed by atoms with E-state index in [1.807, 2.05) is 33.0 Å². The second-order valence-corrected chi connectivity index (χ2v) is 9.29. The second-order valence-electron chi connectivity index (χ2n) is 9.29. The van der Waals surface area contributed by atoms with Crippen LogP contribution in [0.15, 0.2) is 36.8 Å². The number of nitrogens with zero attached hydrogens (tertiary/aromatic N) is 4. The van der Waals surface area contributed by atoms with Crippen LogP contribution in [0.25, 0.3) is 11.1 Å². The van der Waals surface area contributed by atoms with Crippen LogP contribution in [0.4, 0.5) is 0 Å². The van der Waals surface area contributed by atoms with Crippen LogP contribution in [0.2, 0.25) is 0 Å². The number of ether oxygens (including phenoxy) is 1. The van der Waals surface area contributed by atoms with Crippen molar-refractivity contribution >= 4 is 11.8 Å². The van der Waals surface area contributed by atoms with E-state index in [0.717, 1.165) is 30.4 Å². The van der Waals surface area contributed by atoms with E-state index in [-0.39, 0.29) is 48.3 Å². The quantitative estimate of drug-likeness (QED) is 0.724. The topological polar surface area (TPSA) is 95.9 Å². The van der Waals surface area contributed by atoms with Gasteiger partial charge in [0, 0.05) is 55.1 Å². The van der Waals surface area contributed by atoms with E-state index in [2.05, 4.69) is 9.97 Å². The summed E-state index contributed by atoms with van der Waals surface area (Å²) in [4.78, 5) is 38.3. The highest BCUT2D eigenvalue weighted by atomic mass is 16.5. The Balaban J connectivity index is 1.67. The highest BCUT2D eigenvalue weighted by Crippen LogP contribution is 2.31. The Kier molecular flexibility index (Phi) is 6.93. The lowest BCUT2D eigenvalue weighted by Crippen LogP contribution is -2.51. The third kappa shape index (κ3) is 4.85. The van der Waals surface area contributed by atoms with Gasteiger partial charge in [-0.3, -0.25) is 14.6 Å². The van der Waals surface area contributed by atoms with Gasteiger partial charge in [-0.15, -0.1) is 0 Å². The first-order chi connectivity index (χ1) is 15.9. The van der Waals surface area contributed by atoms with Crippen LogP contribution < -0.4 is 4.74 Å². The van der Waals surface area contributed by atoms with Crippen molar-refractivity contribution in [2.24, 2.45) is 11.8 Å². The zero-order valence-corrected chi connectivity index (χ0v) is 19.5. The lowest BCUT2D eigenvalue weighted by atomic mass is 9.84. The summed E-state index contributed by atoms with van der Waals surface area (Å²) in [5, 5.41) is 9.81. The monoisotopic (exact) mass is 452 g/mol. The molecule has 2 aliphatic rings. The van der Waals surface area contributed by atoms with Crippen molar-refractivity contribution in [2.45, 2.75) is 45.3 Å². The van der Waals surface area contributed by atoms with Gasteiger partial charge in [-0.05, 0) is 31.9 Å². The van der Waals surface area contributed by atoms with Crippen molar-refractivity contribution in [2.75, 3.05) is 26.7 Å². The van der Waals surface area contributed by atoms with E-state index in [1.165, 1.54) is 0 Å². The number of rotatable bonds is 6. The number of aliphatic hydroxyl groups is 1. The van der Waals surface area contributed by atoms with Gasteiger partial charge >= 0.3 is 0 Å². The van der Waals surface area contributed by atoms with Crippen LogP contribution in [0.5, 0.6) is 5.88 Å². The van der Waals surface area contributed by atoms with Gasteiger partial charge in [0.1, 0.15) is 11.7 Å². The van der Waals surface area contributed by atoms with Gasteiger partial charge in [-0.2, -0.15) is 0 Å². The number of carbonyl (C=O) groups excluding carboxylic acids is 2. The third-order valence-corrected chi connectivity index (χ3v) is 6.80. The first kappa shape index (κ1) is 23.2. The molecule has 0 aromatic carbocycles. The molecule has 1 fully saturated rings. The highest BCUT2D eigenvalue weighted by Gasteiger charge is 2.36. The van der Waals surface area contributed by atoms with E-state index < -0.39 is 0 Å². The van der Waals surface area contributed by atoms with Gasteiger partial charge in [0.15, 0.2) is 0 Å². The maximum atomic E-state index is 13.5. The normalized spacial score (nSPS) is 21.8. The van der Waals surface area contributed by atoms with Gasteiger partial charge in [0.25, 0.3) is 5.91 Å². The Labute approximate surface area is 194 Å². The number of likely N-dealkylation sites (N-methyl/N-ethyl adjacent to an activating group) is 1. The van der Waals surface area contributed by atoms with Crippen LogP contribution in [-0.2, 0) is 4.79 Å². The average Bonchev–Trinajstić information content (AvgIpc) is 2.79. The summed E-state index contributed by atoms with van der Waals surface area (Å²) in [5.41, 5.74) is 1.96. The molecule has 8 nitrogen and oxygen atoms in total. The fourth-order valence-electron chi connectivity index (χ4n) is 4.34. The van der Waals surface area contributed by atoms with Crippen LogP contribution in [0.1, 0.15) is 43.5 Å². The lowest BCUT2D eigenvalue weighted by molar-refractivity contribution is -0.138. The van der Waals surface area contributed by atoms with Crippen molar-refractivity contribution in [1.82, 2.24) is 19.8 Å². The van der Waals surface area contributed by atoms with Crippen LogP contribution in [0.3, 0.4) is 0 Å². The van der Waals surface area contributed by atoms with E-state index in [1.54, 1.807) is 34.5 Å². The van der Waals surface area contributed by atoms with Crippen molar-refractivity contribution in [3.63, 3.8) is 0 Å². The van der Waals surface area contributed by atoms with Gasteiger partial charge in [-0.25, -0.2) is 4.98 Å². The lowest BCUT2D eigenvalue weighted by Gasteiger charge is -2.38. The minimum atomic E-state index is -0.358. The summed E-state index contributed by atoms with van der Waals surface area (Å²) >= 11 is 0. The smallest absolute Gasteiger partial charge is 0.259 e. The Morgan fingerprint density at radius 1 is 1.33 bits per heavy atom. The molecule has 3 heterocycles. The molecule has 0 saturated heterocycles. The second kappa shape index (κ2) is 9.87. The van der Waals surface area contributed by atoms with Gasteiger partial charge in [0.2, 0.25) is 11.8 Å². The van der Waals surface area contributed by atoms with Crippen LogP contribution in [0, 0.1) is 11.8 Å².